The average Bonchev–Trinajstić information content (AvgIpc) is 3.17. The van der Waals surface area contributed by atoms with Gasteiger partial charge in [0.25, 0.3) is 0 Å². The summed E-state index contributed by atoms with van der Waals surface area (Å²) in [6.45, 7) is 4.15. The number of ether oxygens (including phenoxy) is 1. The zero-order valence-electron chi connectivity index (χ0n) is 14.1. The monoisotopic (exact) mass is 322 g/mol. The number of fused-ring (bicyclic) bond motifs is 2. The van der Waals surface area contributed by atoms with Gasteiger partial charge in [0.15, 0.2) is 0 Å². The molecule has 1 aromatic carbocycles. The quantitative estimate of drug-likeness (QED) is 0.638. The highest BCUT2D eigenvalue weighted by Crippen LogP contribution is 2.61. The molecule has 1 aromatic rings. The molecule has 1 unspecified atom stereocenters. The molecule has 4 nitrogen and oxygen atoms in total. The molecule has 2 saturated heterocycles. The molecule has 1 aliphatic carbocycles. The number of allylic oxidation sites excluding steroid dienone is 1. The Morgan fingerprint density at radius 1 is 1.42 bits per heavy atom. The number of esters is 1. The second-order valence-electron chi connectivity index (χ2n) is 7.31. The number of carbonyl (C=O) groups excluding carboxylic acids is 1. The Hall–Kier alpha value is -2.07. The van der Waals surface area contributed by atoms with E-state index >= 15 is 0 Å². The van der Waals surface area contributed by atoms with Gasteiger partial charge in [-0.25, -0.2) is 4.79 Å². The molecule has 3 atom stereocenters. The topological polar surface area (TPSA) is 41.6 Å². The third-order valence-electron chi connectivity index (χ3n) is 6.60. The van der Waals surface area contributed by atoms with E-state index in [2.05, 4.69) is 47.5 Å². The number of anilines is 1. The van der Waals surface area contributed by atoms with Gasteiger partial charge >= 0.3 is 5.97 Å². The van der Waals surface area contributed by atoms with E-state index in [1.165, 1.54) is 18.2 Å². The maximum atomic E-state index is 12.7. The maximum Gasteiger partial charge on any atom is 0.336 e. The van der Waals surface area contributed by atoms with Crippen molar-refractivity contribution in [2.75, 3.05) is 25.5 Å². The van der Waals surface area contributed by atoms with E-state index in [1.54, 1.807) is 0 Å². The Morgan fingerprint density at radius 2 is 2.25 bits per heavy atom. The number of carbonyl (C=O) groups is 1. The number of nitrogens with one attached hydrogen (secondary N) is 1. The Labute approximate surface area is 142 Å². The fourth-order valence-electron chi connectivity index (χ4n) is 5.61. The molecule has 4 heteroatoms. The van der Waals surface area contributed by atoms with Crippen LogP contribution in [0.25, 0.3) is 0 Å². The predicted molar refractivity (Wildman–Crippen MR) is 92.6 cm³/mol. The Balaban J connectivity index is 1.82. The number of rotatable bonds is 1. The maximum absolute atomic E-state index is 12.7. The number of para-hydroxylation sites is 1. The predicted octanol–water partition coefficient (Wildman–Crippen LogP) is 2.83. The van der Waals surface area contributed by atoms with Crippen molar-refractivity contribution in [2.45, 2.75) is 31.2 Å². The summed E-state index contributed by atoms with van der Waals surface area (Å²) in [5, 5.41) is 3.62. The molecular weight excluding hydrogens is 300 g/mol. The first-order valence-corrected chi connectivity index (χ1v) is 8.79. The van der Waals surface area contributed by atoms with Gasteiger partial charge < -0.3 is 10.1 Å². The number of methoxy groups -OCH3 is 1. The standard InChI is InChI=1S/C20H22N2O2/c1-3-12-11-22-9-8-20-14-6-4-5-7-15(14)21-18(20)17(19(23)24-2)13(12)10-16(20)22/h3-7,13,16,21H,8-11H2,1-2H3/b12-3-/t13-,16+,20?/m0/s1. The van der Waals surface area contributed by atoms with Crippen LogP contribution in [0.3, 0.4) is 0 Å². The van der Waals surface area contributed by atoms with Crippen LogP contribution in [0.5, 0.6) is 0 Å². The third-order valence-corrected chi connectivity index (χ3v) is 6.60. The lowest BCUT2D eigenvalue weighted by molar-refractivity contribution is -0.137. The lowest BCUT2D eigenvalue weighted by atomic mass is 9.62. The molecule has 124 valence electrons. The largest absolute Gasteiger partial charge is 0.466 e. The minimum Gasteiger partial charge on any atom is -0.466 e. The normalized spacial score (nSPS) is 34.8. The molecule has 0 aromatic heterocycles. The molecule has 5 rings (SSSR count). The first kappa shape index (κ1) is 14.3. The highest BCUT2D eigenvalue weighted by atomic mass is 16.5. The zero-order chi connectivity index (χ0) is 16.5. The molecule has 0 saturated carbocycles. The molecule has 2 fully saturated rings. The fraction of sp³-hybridized carbons (Fsp3) is 0.450. The van der Waals surface area contributed by atoms with Crippen LogP contribution in [0, 0.1) is 5.92 Å². The van der Waals surface area contributed by atoms with Gasteiger partial charge in [-0.05, 0) is 31.4 Å². The van der Waals surface area contributed by atoms with E-state index in [0.29, 0.717) is 6.04 Å². The molecule has 3 aliphatic heterocycles. The number of nitrogens with zero attached hydrogens (tertiary/aromatic N) is 1. The van der Waals surface area contributed by atoms with Crippen molar-refractivity contribution < 1.29 is 9.53 Å². The summed E-state index contributed by atoms with van der Waals surface area (Å²) in [5.41, 5.74) is 5.78. The highest BCUT2D eigenvalue weighted by Gasteiger charge is 2.62. The molecule has 1 spiro atoms. The minimum atomic E-state index is -0.173. The van der Waals surface area contributed by atoms with Gasteiger partial charge in [-0.2, -0.15) is 0 Å². The molecule has 3 heterocycles. The molecule has 0 amide bonds. The minimum absolute atomic E-state index is 0.0596. The number of hydrogen-bond acceptors (Lipinski definition) is 4. The summed E-state index contributed by atoms with van der Waals surface area (Å²) in [6, 6.07) is 9.03. The van der Waals surface area contributed by atoms with Gasteiger partial charge in [0.2, 0.25) is 0 Å². The number of hydrogen-bond donors (Lipinski definition) is 1. The van der Waals surface area contributed by atoms with Gasteiger partial charge in [0, 0.05) is 36.4 Å². The van der Waals surface area contributed by atoms with Crippen molar-refractivity contribution in [1.82, 2.24) is 4.90 Å². The van der Waals surface area contributed by atoms with E-state index in [1.807, 2.05) is 0 Å². The van der Waals surface area contributed by atoms with Crippen LogP contribution in [-0.4, -0.2) is 37.1 Å². The van der Waals surface area contributed by atoms with Gasteiger partial charge in [-0.1, -0.05) is 29.8 Å². The van der Waals surface area contributed by atoms with Gasteiger partial charge in [0.1, 0.15) is 0 Å². The van der Waals surface area contributed by atoms with Crippen molar-refractivity contribution in [3.05, 3.63) is 52.7 Å². The molecule has 2 bridgehead atoms. The SMILES string of the molecule is C/C=C1/CN2CCC34C(=C(C(=O)OC)[C@H]1C[C@@H]23)Nc1ccccc14. The average molecular weight is 322 g/mol. The molecule has 24 heavy (non-hydrogen) atoms. The van der Waals surface area contributed by atoms with Crippen LogP contribution in [0.15, 0.2) is 47.2 Å². The lowest BCUT2D eigenvalue weighted by Gasteiger charge is -2.48. The van der Waals surface area contributed by atoms with Gasteiger partial charge in [-0.15, -0.1) is 0 Å². The third kappa shape index (κ3) is 1.50. The van der Waals surface area contributed by atoms with Crippen LogP contribution >= 0.6 is 0 Å². The van der Waals surface area contributed by atoms with E-state index in [9.17, 15) is 4.79 Å². The van der Waals surface area contributed by atoms with Crippen LogP contribution in [0.1, 0.15) is 25.3 Å². The summed E-state index contributed by atoms with van der Waals surface area (Å²) >= 11 is 0. The Morgan fingerprint density at radius 3 is 3.04 bits per heavy atom. The molecular formula is C20H22N2O2. The second kappa shape index (κ2) is 4.73. The van der Waals surface area contributed by atoms with Crippen molar-refractivity contribution in [1.29, 1.82) is 0 Å². The van der Waals surface area contributed by atoms with E-state index in [-0.39, 0.29) is 17.3 Å². The summed E-state index contributed by atoms with van der Waals surface area (Å²) in [4.78, 5) is 15.3. The fourth-order valence-corrected chi connectivity index (χ4v) is 5.61. The van der Waals surface area contributed by atoms with Gasteiger partial charge in [0.05, 0.1) is 18.1 Å². The Kier molecular flexibility index (Phi) is 2.82. The molecule has 4 aliphatic rings. The summed E-state index contributed by atoms with van der Waals surface area (Å²) in [6.07, 6.45) is 4.28. The second-order valence-corrected chi connectivity index (χ2v) is 7.31. The first-order chi connectivity index (χ1) is 11.7. The summed E-state index contributed by atoms with van der Waals surface area (Å²) in [5.74, 6) is 0.0135. The zero-order valence-corrected chi connectivity index (χ0v) is 14.1. The first-order valence-electron chi connectivity index (χ1n) is 8.79. The summed E-state index contributed by atoms with van der Waals surface area (Å²) < 4.78 is 5.21. The molecule has 1 N–H and O–H groups in total. The van der Waals surface area contributed by atoms with Crippen molar-refractivity contribution in [3.63, 3.8) is 0 Å². The highest BCUT2D eigenvalue weighted by molar-refractivity contribution is 5.94. The van der Waals surface area contributed by atoms with E-state index in [4.69, 9.17) is 4.74 Å². The van der Waals surface area contributed by atoms with Crippen molar-refractivity contribution in [2.24, 2.45) is 5.92 Å². The number of benzene rings is 1. The van der Waals surface area contributed by atoms with Crippen molar-refractivity contribution >= 4 is 11.7 Å². The van der Waals surface area contributed by atoms with E-state index in [0.717, 1.165) is 42.9 Å². The van der Waals surface area contributed by atoms with Crippen LogP contribution in [0.4, 0.5) is 5.69 Å². The lowest BCUT2D eigenvalue weighted by Crippen LogP contribution is -2.53. The smallest absolute Gasteiger partial charge is 0.336 e. The van der Waals surface area contributed by atoms with Crippen molar-refractivity contribution in [3.8, 4) is 0 Å². The Bertz CT molecular complexity index is 810. The summed E-state index contributed by atoms with van der Waals surface area (Å²) in [7, 11) is 1.50. The van der Waals surface area contributed by atoms with Gasteiger partial charge in [-0.3, -0.25) is 4.90 Å². The molecule has 0 radical (unpaired) electrons. The van der Waals surface area contributed by atoms with Crippen LogP contribution in [0.2, 0.25) is 0 Å². The van der Waals surface area contributed by atoms with Crippen LogP contribution < -0.4 is 5.32 Å². The van der Waals surface area contributed by atoms with Crippen LogP contribution in [-0.2, 0) is 14.9 Å². The number of piperidine rings is 1. The van der Waals surface area contributed by atoms with E-state index < -0.39 is 0 Å².